The van der Waals surface area contributed by atoms with Crippen molar-refractivity contribution in [1.29, 1.82) is 0 Å². The van der Waals surface area contributed by atoms with Gasteiger partial charge in [-0.25, -0.2) is 4.79 Å². The molecule has 0 spiro atoms. The maximum absolute atomic E-state index is 11.6. The highest BCUT2D eigenvalue weighted by molar-refractivity contribution is 5.86. The quantitative estimate of drug-likeness (QED) is 0.826. The van der Waals surface area contributed by atoms with Crippen molar-refractivity contribution < 1.29 is 9.90 Å². The molecule has 1 N–H and O–H groups in total. The Hall–Kier alpha value is -2.36. The molecule has 0 amide bonds. The Labute approximate surface area is 91.4 Å². The van der Waals surface area contributed by atoms with Crippen molar-refractivity contribution in [3.63, 3.8) is 0 Å². The van der Waals surface area contributed by atoms with E-state index in [4.69, 9.17) is 5.11 Å². The number of rotatable bonds is 2. The van der Waals surface area contributed by atoms with Gasteiger partial charge in [-0.2, -0.15) is 0 Å². The molecule has 80 valence electrons. The summed E-state index contributed by atoms with van der Waals surface area (Å²) in [6.45, 7) is 0. The molecule has 1 heterocycles. The molecule has 0 aliphatic carbocycles. The summed E-state index contributed by atoms with van der Waals surface area (Å²) in [6, 6.07) is 12.8. The molecule has 0 atom stereocenters. The highest BCUT2D eigenvalue weighted by Crippen LogP contribution is 2.07. The third-order valence-corrected chi connectivity index (χ3v) is 2.19. The molecule has 0 saturated carbocycles. The molecular weight excluding hydrogens is 206 g/mol. The predicted molar refractivity (Wildman–Crippen MR) is 59.0 cm³/mol. The fraction of sp³-hybridized carbons (Fsp3) is 0. The molecule has 4 nitrogen and oxygen atoms in total. The van der Waals surface area contributed by atoms with Crippen molar-refractivity contribution in [2.75, 3.05) is 0 Å². The maximum Gasteiger partial charge on any atom is 0.352 e. The van der Waals surface area contributed by atoms with Gasteiger partial charge in [0.15, 0.2) is 0 Å². The largest absolute Gasteiger partial charge is 0.477 e. The van der Waals surface area contributed by atoms with Gasteiger partial charge in [0.25, 0.3) is 5.56 Å². The van der Waals surface area contributed by atoms with Crippen LogP contribution in [0.2, 0.25) is 0 Å². The normalized spacial score (nSPS) is 10.0. The molecule has 4 heteroatoms. The molecule has 0 radical (unpaired) electrons. The van der Waals surface area contributed by atoms with E-state index in [1.54, 1.807) is 30.3 Å². The van der Waals surface area contributed by atoms with Gasteiger partial charge < -0.3 is 5.11 Å². The smallest absolute Gasteiger partial charge is 0.352 e. The van der Waals surface area contributed by atoms with Crippen molar-refractivity contribution in [3.05, 3.63) is 64.6 Å². The van der Waals surface area contributed by atoms with Gasteiger partial charge in [0.2, 0.25) is 0 Å². The Kier molecular flexibility index (Phi) is 2.55. The van der Waals surface area contributed by atoms with Crippen molar-refractivity contribution in [2.45, 2.75) is 0 Å². The van der Waals surface area contributed by atoms with Gasteiger partial charge in [-0.3, -0.25) is 9.36 Å². The number of aromatic nitrogens is 1. The number of aromatic carboxylic acids is 1. The lowest BCUT2D eigenvalue weighted by Gasteiger charge is -2.08. The molecule has 0 aliphatic rings. The molecule has 1 aromatic heterocycles. The van der Waals surface area contributed by atoms with Gasteiger partial charge in [-0.15, -0.1) is 0 Å². The van der Waals surface area contributed by atoms with Crippen LogP contribution in [0.3, 0.4) is 0 Å². The lowest BCUT2D eigenvalue weighted by atomic mass is 10.2. The Morgan fingerprint density at radius 2 is 1.69 bits per heavy atom. The third-order valence-electron chi connectivity index (χ3n) is 2.19. The van der Waals surface area contributed by atoms with Crippen LogP contribution in [-0.4, -0.2) is 15.6 Å². The van der Waals surface area contributed by atoms with Gasteiger partial charge in [-0.05, 0) is 18.2 Å². The zero-order valence-corrected chi connectivity index (χ0v) is 8.33. The van der Waals surface area contributed by atoms with E-state index in [0.717, 1.165) is 0 Å². The van der Waals surface area contributed by atoms with E-state index in [1.165, 1.54) is 22.8 Å². The Morgan fingerprint density at radius 3 is 2.31 bits per heavy atom. The standard InChI is InChI=1S/C12H9NO3/c14-11-8-4-7-10(12(15)16)13(11)9-5-2-1-3-6-9/h1-8H,(H,15,16). The fourth-order valence-electron chi connectivity index (χ4n) is 1.50. The number of para-hydroxylation sites is 1. The van der Waals surface area contributed by atoms with Gasteiger partial charge >= 0.3 is 5.97 Å². The van der Waals surface area contributed by atoms with E-state index in [2.05, 4.69) is 0 Å². The minimum Gasteiger partial charge on any atom is -0.477 e. The third kappa shape index (κ3) is 1.72. The number of pyridine rings is 1. The second-order valence-corrected chi connectivity index (χ2v) is 3.23. The summed E-state index contributed by atoms with van der Waals surface area (Å²) in [7, 11) is 0. The fourth-order valence-corrected chi connectivity index (χ4v) is 1.50. The first-order valence-electron chi connectivity index (χ1n) is 4.71. The molecule has 2 rings (SSSR count). The summed E-state index contributed by atoms with van der Waals surface area (Å²) in [5.41, 5.74) is 0.148. The maximum atomic E-state index is 11.6. The summed E-state index contributed by atoms with van der Waals surface area (Å²) < 4.78 is 1.17. The predicted octanol–water partition coefficient (Wildman–Crippen LogP) is 1.54. The molecule has 0 saturated heterocycles. The molecule has 2 aromatic rings. The second-order valence-electron chi connectivity index (χ2n) is 3.23. The molecule has 0 unspecified atom stereocenters. The number of hydrogen-bond donors (Lipinski definition) is 1. The van der Waals surface area contributed by atoms with Crippen LogP contribution >= 0.6 is 0 Å². The number of carbonyl (C=O) groups is 1. The first kappa shape index (κ1) is 10.2. The van der Waals surface area contributed by atoms with Gasteiger partial charge in [0.1, 0.15) is 5.69 Å². The number of nitrogens with zero attached hydrogens (tertiary/aromatic N) is 1. The number of hydrogen-bond acceptors (Lipinski definition) is 2. The van der Waals surface area contributed by atoms with Crippen LogP contribution in [0.15, 0.2) is 53.3 Å². The van der Waals surface area contributed by atoms with E-state index in [1.807, 2.05) is 0 Å². The average Bonchev–Trinajstić information content (AvgIpc) is 2.29. The van der Waals surface area contributed by atoms with E-state index in [0.29, 0.717) is 5.69 Å². The molecule has 16 heavy (non-hydrogen) atoms. The van der Waals surface area contributed by atoms with Crippen LogP contribution in [0, 0.1) is 0 Å². The lowest BCUT2D eigenvalue weighted by molar-refractivity contribution is 0.0687. The number of carboxylic acid groups (broad SMARTS) is 1. The van der Waals surface area contributed by atoms with Crippen LogP contribution in [0.4, 0.5) is 0 Å². The topological polar surface area (TPSA) is 59.3 Å². The lowest BCUT2D eigenvalue weighted by Crippen LogP contribution is -2.23. The first-order valence-corrected chi connectivity index (χ1v) is 4.71. The summed E-state index contributed by atoms with van der Waals surface area (Å²) in [4.78, 5) is 22.6. The van der Waals surface area contributed by atoms with Crippen LogP contribution in [-0.2, 0) is 0 Å². The zero-order valence-electron chi connectivity index (χ0n) is 8.33. The van der Waals surface area contributed by atoms with Crippen LogP contribution in [0.1, 0.15) is 10.5 Å². The summed E-state index contributed by atoms with van der Waals surface area (Å²) in [5, 5.41) is 8.99. The number of carboxylic acids is 1. The second kappa shape index (κ2) is 4.02. The van der Waals surface area contributed by atoms with Gasteiger partial charge in [-0.1, -0.05) is 24.3 Å². The van der Waals surface area contributed by atoms with Crippen molar-refractivity contribution in [2.24, 2.45) is 0 Å². The SMILES string of the molecule is O=C(O)c1cccc(=O)n1-c1ccccc1. The zero-order chi connectivity index (χ0) is 11.5. The molecule has 0 aliphatic heterocycles. The Bertz CT molecular complexity index is 572. The first-order chi connectivity index (χ1) is 7.70. The van der Waals surface area contributed by atoms with Crippen LogP contribution in [0.5, 0.6) is 0 Å². The molecule has 1 aromatic carbocycles. The van der Waals surface area contributed by atoms with E-state index >= 15 is 0 Å². The van der Waals surface area contributed by atoms with Crippen molar-refractivity contribution in [3.8, 4) is 5.69 Å². The van der Waals surface area contributed by atoms with Gasteiger partial charge in [0.05, 0.1) is 0 Å². The average molecular weight is 215 g/mol. The van der Waals surface area contributed by atoms with E-state index in [-0.39, 0.29) is 11.3 Å². The van der Waals surface area contributed by atoms with E-state index in [9.17, 15) is 9.59 Å². The highest BCUT2D eigenvalue weighted by atomic mass is 16.4. The molecule has 0 fully saturated rings. The summed E-state index contributed by atoms with van der Waals surface area (Å²) >= 11 is 0. The van der Waals surface area contributed by atoms with Gasteiger partial charge in [0, 0.05) is 11.8 Å². The minimum absolute atomic E-state index is 0.0429. The van der Waals surface area contributed by atoms with Crippen LogP contribution < -0.4 is 5.56 Å². The highest BCUT2D eigenvalue weighted by Gasteiger charge is 2.11. The Morgan fingerprint density at radius 1 is 1.00 bits per heavy atom. The number of benzene rings is 1. The Balaban J connectivity index is 2.74. The minimum atomic E-state index is -1.12. The summed E-state index contributed by atoms with van der Waals surface area (Å²) in [5.74, 6) is -1.12. The van der Waals surface area contributed by atoms with E-state index < -0.39 is 5.97 Å². The molecular formula is C12H9NO3. The molecule has 0 bridgehead atoms. The van der Waals surface area contributed by atoms with Crippen molar-refractivity contribution in [1.82, 2.24) is 4.57 Å². The monoisotopic (exact) mass is 215 g/mol. The van der Waals surface area contributed by atoms with Crippen LogP contribution in [0.25, 0.3) is 5.69 Å². The summed E-state index contributed by atoms with van der Waals surface area (Å²) in [6.07, 6.45) is 0. The van der Waals surface area contributed by atoms with Crippen molar-refractivity contribution >= 4 is 5.97 Å².